The molecule has 0 saturated heterocycles. The van der Waals surface area contributed by atoms with Crippen molar-refractivity contribution in [2.75, 3.05) is 10.6 Å². The number of para-hydroxylation sites is 1. The van der Waals surface area contributed by atoms with Crippen LogP contribution in [0.5, 0.6) is 0 Å². The molecule has 128 valence electrons. The molecule has 3 aromatic rings. The normalized spacial score (nSPS) is 11.7. The quantitative estimate of drug-likeness (QED) is 0.608. The molecule has 3 rings (SSSR count). The summed E-state index contributed by atoms with van der Waals surface area (Å²) in [5, 5.41) is 14.9. The number of aromatic nitrogens is 2. The van der Waals surface area contributed by atoms with Crippen molar-refractivity contribution < 1.29 is 4.79 Å². The van der Waals surface area contributed by atoms with E-state index in [0.717, 1.165) is 15.2 Å². The van der Waals surface area contributed by atoms with Crippen molar-refractivity contribution in [2.45, 2.75) is 23.1 Å². The number of benzene rings is 2. The van der Waals surface area contributed by atoms with Crippen LogP contribution in [0.2, 0.25) is 0 Å². The molecule has 5 nitrogen and oxygen atoms in total. The zero-order valence-corrected chi connectivity index (χ0v) is 15.3. The van der Waals surface area contributed by atoms with Gasteiger partial charge in [0.1, 0.15) is 0 Å². The Bertz CT molecular complexity index is 808. The third-order valence-corrected chi connectivity index (χ3v) is 5.45. The molecular formula is C18H18N4OS2. The zero-order valence-electron chi connectivity index (χ0n) is 13.7. The third kappa shape index (κ3) is 5.30. The van der Waals surface area contributed by atoms with E-state index in [1.54, 1.807) is 0 Å². The van der Waals surface area contributed by atoms with E-state index in [0.29, 0.717) is 6.54 Å². The molecule has 0 aliphatic rings. The fourth-order valence-electron chi connectivity index (χ4n) is 2.07. The van der Waals surface area contributed by atoms with Crippen molar-refractivity contribution in [3.63, 3.8) is 0 Å². The molecule has 0 unspecified atom stereocenters. The Morgan fingerprint density at radius 1 is 1.08 bits per heavy atom. The highest BCUT2D eigenvalue weighted by molar-refractivity contribution is 8.02. The highest BCUT2D eigenvalue weighted by Crippen LogP contribution is 2.29. The second kappa shape index (κ2) is 8.64. The molecule has 7 heteroatoms. The molecule has 0 radical (unpaired) electrons. The van der Waals surface area contributed by atoms with Crippen molar-refractivity contribution in [3.8, 4) is 0 Å². The van der Waals surface area contributed by atoms with Crippen molar-refractivity contribution >= 4 is 39.8 Å². The smallest absolute Gasteiger partial charge is 0.237 e. The minimum atomic E-state index is -0.255. The maximum Gasteiger partial charge on any atom is 0.237 e. The van der Waals surface area contributed by atoms with Gasteiger partial charge in [-0.1, -0.05) is 71.6 Å². The van der Waals surface area contributed by atoms with Gasteiger partial charge < -0.3 is 10.6 Å². The first-order valence-corrected chi connectivity index (χ1v) is 9.54. The number of rotatable bonds is 7. The summed E-state index contributed by atoms with van der Waals surface area (Å²) in [6.07, 6.45) is 0. The number of nitrogens with zero attached hydrogens (tertiary/aromatic N) is 2. The van der Waals surface area contributed by atoms with E-state index in [1.807, 2.05) is 55.5 Å². The number of anilines is 2. The predicted molar refractivity (Wildman–Crippen MR) is 104 cm³/mol. The summed E-state index contributed by atoms with van der Waals surface area (Å²) in [5.74, 6) is -0.0507. The van der Waals surface area contributed by atoms with Gasteiger partial charge in [-0.2, -0.15) is 0 Å². The van der Waals surface area contributed by atoms with E-state index in [4.69, 9.17) is 0 Å². The molecular weight excluding hydrogens is 352 g/mol. The summed E-state index contributed by atoms with van der Waals surface area (Å²) >= 11 is 2.86. The van der Waals surface area contributed by atoms with Crippen LogP contribution in [-0.4, -0.2) is 21.4 Å². The maximum absolute atomic E-state index is 12.2. The fraction of sp³-hybridized carbons (Fsp3) is 0.167. The van der Waals surface area contributed by atoms with Crippen LogP contribution in [0.1, 0.15) is 12.5 Å². The number of thioether (sulfide) groups is 1. The predicted octanol–water partition coefficient (Wildman–Crippen LogP) is 4.27. The number of amides is 1. The van der Waals surface area contributed by atoms with Gasteiger partial charge in [0, 0.05) is 12.2 Å². The van der Waals surface area contributed by atoms with Crippen LogP contribution in [0, 0.1) is 0 Å². The number of carbonyl (C=O) groups is 1. The van der Waals surface area contributed by atoms with E-state index in [9.17, 15) is 4.79 Å². The second-order valence-corrected chi connectivity index (χ2v) is 7.89. The molecule has 1 atom stereocenters. The molecule has 0 bridgehead atoms. The first kappa shape index (κ1) is 17.4. The van der Waals surface area contributed by atoms with Crippen LogP contribution in [-0.2, 0) is 11.3 Å². The van der Waals surface area contributed by atoms with E-state index in [1.165, 1.54) is 28.7 Å². The Balaban J connectivity index is 1.51. The van der Waals surface area contributed by atoms with Gasteiger partial charge in [-0.15, -0.1) is 10.2 Å². The number of carbonyl (C=O) groups excluding carboxylic acids is 1. The standard InChI is InChI=1S/C18H18N4OS2/c1-13(16(23)20-15-10-6-3-7-11-15)24-18-22-21-17(25-18)19-12-14-8-4-2-5-9-14/h2-11,13H,12H2,1H3,(H,19,21)(H,20,23)/t13-/m1/s1. The van der Waals surface area contributed by atoms with E-state index >= 15 is 0 Å². The van der Waals surface area contributed by atoms with Crippen molar-refractivity contribution in [3.05, 3.63) is 66.2 Å². The average Bonchev–Trinajstić information content (AvgIpc) is 3.09. The summed E-state index contributed by atoms with van der Waals surface area (Å²) in [7, 11) is 0. The minimum absolute atomic E-state index is 0.0507. The van der Waals surface area contributed by atoms with Crippen LogP contribution in [0.15, 0.2) is 65.0 Å². The monoisotopic (exact) mass is 370 g/mol. The van der Waals surface area contributed by atoms with Crippen LogP contribution >= 0.6 is 23.1 Å². The van der Waals surface area contributed by atoms with Crippen LogP contribution < -0.4 is 10.6 Å². The summed E-state index contributed by atoms with van der Waals surface area (Å²) in [6.45, 7) is 2.56. The molecule has 1 amide bonds. The van der Waals surface area contributed by atoms with E-state index < -0.39 is 0 Å². The Morgan fingerprint density at radius 2 is 1.76 bits per heavy atom. The first-order valence-electron chi connectivity index (χ1n) is 7.84. The highest BCUT2D eigenvalue weighted by Gasteiger charge is 2.17. The molecule has 0 fully saturated rings. The largest absolute Gasteiger partial charge is 0.356 e. The van der Waals surface area contributed by atoms with Gasteiger partial charge in [0.25, 0.3) is 0 Å². The Hall–Kier alpha value is -2.38. The second-order valence-electron chi connectivity index (χ2n) is 5.33. The Labute approximate surface area is 154 Å². The highest BCUT2D eigenvalue weighted by atomic mass is 32.2. The SMILES string of the molecule is C[C@@H](Sc1nnc(NCc2ccccc2)s1)C(=O)Nc1ccccc1. The summed E-state index contributed by atoms with van der Waals surface area (Å²) < 4.78 is 0.770. The van der Waals surface area contributed by atoms with Gasteiger partial charge in [0.15, 0.2) is 4.34 Å². The third-order valence-electron chi connectivity index (χ3n) is 3.38. The molecule has 1 aromatic heterocycles. The van der Waals surface area contributed by atoms with Crippen molar-refractivity contribution in [1.82, 2.24) is 10.2 Å². The average molecular weight is 371 g/mol. The lowest BCUT2D eigenvalue weighted by Gasteiger charge is -2.09. The van der Waals surface area contributed by atoms with Gasteiger partial charge in [-0.3, -0.25) is 4.79 Å². The van der Waals surface area contributed by atoms with E-state index in [-0.39, 0.29) is 11.2 Å². The summed E-state index contributed by atoms with van der Waals surface area (Å²) in [6, 6.07) is 19.5. The summed E-state index contributed by atoms with van der Waals surface area (Å²) in [5.41, 5.74) is 1.98. The fourth-order valence-corrected chi connectivity index (χ4v) is 3.96. The molecule has 2 N–H and O–H groups in total. The van der Waals surface area contributed by atoms with E-state index in [2.05, 4.69) is 33.0 Å². The molecule has 25 heavy (non-hydrogen) atoms. The lowest BCUT2D eigenvalue weighted by Crippen LogP contribution is -2.22. The van der Waals surface area contributed by atoms with Crippen molar-refractivity contribution in [2.24, 2.45) is 0 Å². The van der Waals surface area contributed by atoms with Gasteiger partial charge in [0.2, 0.25) is 11.0 Å². The lowest BCUT2D eigenvalue weighted by atomic mass is 10.2. The topological polar surface area (TPSA) is 66.9 Å². The molecule has 0 saturated carbocycles. The molecule has 0 spiro atoms. The lowest BCUT2D eigenvalue weighted by molar-refractivity contribution is -0.115. The van der Waals surface area contributed by atoms with Gasteiger partial charge in [0.05, 0.1) is 5.25 Å². The van der Waals surface area contributed by atoms with Crippen LogP contribution in [0.4, 0.5) is 10.8 Å². The van der Waals surface area contributed by atoms with Gasteiger partial charge in [-0.05, 0) is 24.6 Å². The Kier molecular flexibility index (Phi) is 6.03. The van der Waals surface area contributed by atoms with Gasteiger partial charge >= 0.3 is 0 Å². The number of hydrogen-bond acceptors (Lipinski definition) is 6. The van der Waals surface area contributed by atoms with Crippen LogP contribution in [0.3, 0.4) is 0 Å². The minimum Gasteiger partial charge on any atom is -0.356 e. The molecule has 1 heterocycles. The maximum atomic E-state index is 12.2. The number of nitrogens with one attached hydrogen (secondary N) is 2. The molecule has 2 aromatic carbocycles. The zero-order chi connectivity index (χ0) is 17.5. The van der Waals surface area contributed by atoms with Crippen LogP contribution in [0.25, 0.3) is 0 Å². The summed E-state index contributed by atoms with van der Waals surface area (Å²) in [4.78, 5) is 12.2. The van der Waals surface area contributed by atoms with Crippen molar-refractivity contribution in [1.29, 1.82) is 0 Å². The first-order chi connectivity index (χ1) is 12.2. The molecule has 0 aliphatic heterocycles. The van der Waals surface area contributed by atoms with Gasteiger partial charge in [-0.25, -0.2) is 0 Å². The Morgan fingerprint density at radius 3 is 2.48 bits per heavy atom. The number of hydrogen-bond donors (Lipinski definition) is 2. The molecule has 0 aliphatic carbocycles.